The van der Waals surface area contributed by atoms with Gasteiger partial charge in [0.25, 0.3) is 5.91 Å². The topological polar surface area (TPSA) is 77.0 Å². The molecule has 0 saturated heterocycles. The second-order valence-corrected chi connectivity index (χ2v) is 6.01. The third kappa shape index (κ3) is 5.26. The molecule has 0 fully saturated rings. The summed E-state index contributed by atoms with van der Waals surface area (Å²) in [6.07, 6.45) is 1.37. The highest BCUT2D eigenvalue weighted by atomic mass is 19.1. The number of hydrogen-bond donors (Lipinski definition) is 1. The van der Waals surface area contributed by atoms with Crippen molar-refractivity contribution < 1.29 is 27.8 Å². The van der Waals surface area contributed by atoms with E-state index in [0.717, 1.165) is 12.1 Å². The van der Waals surface area contributed by atoms with Crippen LogP contribution in [0.5, 0.6) is 11.5 Å². The Morgan fingerprint density at radius 1 is 0.867 bits per heavy atom. The SMILES string of the molecule is COc1cc(/C=N/NC(=O)c2ccc(F)cc2)ccc1OC(=O)c1ccc(F)cc1. The van der Waals surface area contributed by atoms with E-state index < -0.39 is 23.5 Å². The molecule has 3 aromatic rings. The Bertz CT molecular complexity index is 1080. The number of hydrazone groups is 1. The lowest BCUT2D eigenvalue weighted by atomic mass is 10.2. The predicted octanol–water partition coefficient (Wildman–Crippen LogP) is 3.96. The molecular formula is C22H16F2N2O4. The molecule has 0 radical (unpaired) electrons. The van der Waals surface area contributed by atoms with E-state index in [0.29, 0.717) is 5.56 Å². The maximum Gasteiger partial charge on any atom is 0.343 e. The molecule has 0 bridgehead atoms. The Morgan fingerprint density at radius 3 is 2.07 bits per heavy atom. The third-order valence-electron chi connectivity index (χ3n) is 3.96. The molecular weight excluding hydrogens is 394 g/mol. The van der Waals surface area contributed by atoms with E-state index >= 15 is 0 Å². The summed E-state index contributed by atoms with van der Waals surface area (Å²) in [5, 5.41) is 3.85. The van der Waals surface area contributed by atoms with E-state index in [4.69, 9.17) is 9.47 Å². The molecule has 0 atom stereocenters. The van der Waals surface area contributed by atoms with Crippen molar-refractivity contribution in [3.05, 3.63) is 95.1 Å². The smallest absolute Gasteiger partial charge is 0.343 e. The van der Waals surface area contributed by atoms with Crippen LogP contribution in [-0.2, 0) is 0 Å². The number of rotatable bonds is 6. The highest BCUT2D eigenvalue weighted by Gasteiger charge is 2.13. The van der Waals surface area contributed by atoms with E-state index in [1.54, 1.807) is 12.1 Å². The highest BCUT2D eigenvalue weighted by molar-refractivity contribution is 5.95. The van der Waals surface area contributed by atoms with Gasteiger partial charge in [0.05, 0.1) is 18.9 Å². The summed E-state index contributed by atoms with van der Waals surface area (Å²) in [4.78, 5) is 24.1. The monoisotopic (exact) mass is 410 g/mol. The zero-order valence-corrected chi connectivity index (χ0v) is 15.8. The van der Waals surface area contributed by atoms with E-state index in [2.05, 4.69) is 10.5 Å². The number of carbonyl (C=O) groups is 2. The van der Waals surface area contributed by atoms with E-state index in [1.807, 2.05) is 0 Å². The van der Waals surface area contributed by atoms with E-state index in [1.165, 1.54) is 55.8 Å². The summed E-state index contributed by atoms with van der Waals surface area (Å²) >= 11 is 0. The van der Waals surface area contributed by atoms with Crippen molar-refractivity contribution in [1.29, 1.82) is 0 Å². The molecule has 0 aliphatic carbocycles. The van der Waals surface area contributed by atoms with Gasteiger partial charge in [0.1, 0.15) is 11.6 Å². The molecule has 0 heterocycles. The fourth-order valence-electron chi connectivity index (χ4n) is 2.42. The number of carbonyl (C=O) groups excluding carboxylic acids is 2. The van der Waals surface area contributed by atoms with Crippen molar-refractivity contribution in [3.8, 4) is 11.5 Å². The minimum Gasteiger partial charge on any atom is -0.493 e. The van der Waals surface area contributed by atoms with Crippen molar-refractivity contribution >= 4 is 18.1 Å². The van der Waals surface area contributed by atoms with Crippen LogP contribution in [-0.4, -0.2) is 25.2 Å². The number of halogens is 2. The lowest BCUT2D eigenvalue weighted by Gasteiger charge is -2.10. The summed E-state index contributed by atoms with van der Waals surface area (Å²) in [5.74, 6) is -1.63. The van der Waals surface area contributed by atoms with E-state index in [9.17, 15) is 18.4 Å². The first kappa shape index (κ1) is 20.7. The number of amides is 1. The minimum atomic E-state index is -0.665. The number of esters is 1. The molecule has 0 spiro atoms. The third-order valence-corrected chi connectivity index (χ3v) is 3.96. The number of nitrogens with zero attached hydrogens (tertiary/aromatic N) is 1. The van der Waals surface area contributed by atoms with Gasteiger partial charge in [-0.3, -0.25) is 4.79 Å². The minimum absolute atomic E-state index is 0.166. The van der Waals surface area contributed by atoms with Crippen LogP contribution in [0.3, 0.4) is 0 Å². The summed E-state index contributed by atoms with van der Waals surface area (Å²) in [5.41, 5.74) is 3.34. The second kappa shape index (κ2) is 9.42. The summed E-state index contributed by atoms with van der Waals surface area (Å²) < 4.78 is 36.4. The number of methoxy groups -OCH3 is 1. The molecule has 1 amide bonds. The standard InChI is InChI=1S/C22H16F2N2O4/c1-29-20-12-14(13-25-26-21(27)15-3-7-17(23)8-4-15)2-11-19(20)30-22(28)16-5-9-18(24)10-6-16/h2-13H,1H3,(H,26,27)/b25-13+. The van der Waals surface area contributed by atoms with Gasteiger partial charge in [0.2, 0.25) is 0 Å². The fourth-order valence-corrected chi connectivity index (χ4v) is 2.42. The Hall–Kier alpha value is -4.07. The molecule has 8 heteroatoms. The molecule has 3 aromatic carbocycles. The summed E-state index contributed by atoms with van der Waals surface area (Å²) in [6.45, 7) is 0. The van der Waals surface area contributed by atoms with Gasteiger partial charge in [-0.1, -0.05) is 0 Å². The van der Waals surface area contributed by atoms with Crippen LogP contribution in [0.4, 0.5) is 8.78 Å². The first-order valence-corrected chi connectivity index (χ1v) is 8.71. The largest absolute Gasteiger partial charge is 0.493 e. The number of hydrogen-bond acceptors (Lipinski definition) is 5. The average molecular weight is 410 g/mol. The van der Waals surface area contributed by atoms with E-state index in [-0.39, 0.29) is 22.6 Å². The van der Waals surface area contributed by atoms with Crippen molar-refractivity contribution in [2.45, 2.75) is 0 Å². The van der Waals surface area contributed by atoms with Gasteiger partial charge < -0.3 is 9.47 Å². The molecule has 30 heavy (non-hydrogen) atoms. The molecule has 152 valence electrons. The fraction of sp³-hybridized carbons (Fsp3) is 0.0455. The van der Waals surface area contributed by atoms with Crippen molar-refractivity contribution in [2.75, 3.05) is 7.11 Å². The molecule has 0 saturated carbocycles. The molecule has 6 nitrogen and oxygen atoms in total. The molecule has 0 aliphatic rings. The molecule has 0 aromatic heterocycles. The highest BCUT2D eigenvalue weighted by Crippen LogP contribution is 2.28. The second-order valence-electron chi connectivity index (χ2n) is 6.01. The number of nitrogens with one attached hydrogen (secondary N) is 1. The molecule has 0 aliphatic heterocycles. The maximum absolute atomic E-state index is 13.0. The zero-order chi connectivity index (χ0) is 21.5. The van der Waals surface area contributed by atoms with Gasteiger partial charge in [0, 0.05) is 5.56 Å². The van der Waals surface area contributed by atoms with Crippen LogP contribution in [0.1, 0.15) is 26.3 Å². The Balaban J connectivity index is 1.66. The molecule has 1 N–H and O–H groups in total. The van der Waals surface area contributed by atoms with Crippen LogP contribution < -0.4 is 14.9 Å². The van der Waals surface area contributed by atoms with Crippen LogP contribution in [0.25, 0.3) is 0 Å². The average Bonchev–Trinajstić information content (AvgIpc) is 2.75. The summed E-state index contributed by atoms with van der Waals surface area (Å²) in [6, 6.07) is 14.6. The van der Waals surface area contributed by atoms with Crippen LogP contribution >= 0.6 is 0 Å². The van der Waals surface area contributed by atoms with Crippen LogP contribution in [0.15, 0.2) is 71.8 Å². The summed E-state index contributed by atoms with van der Waals surface area (Å²) in [7, 11) is 1.40. The lowest BCUT2D eigenvalue weighted by Crippen LogP contribution is -2.17. The quantitative estimate of drug-likeness (QED) is 0.289. The normalized spacial score (nSPS) is 10.6. The predicted molar refractivity (Wildman–Crippen MR) is 106 cm³/mol. The zero-order valence-electron chi connectivity index (χ0n) is 15.8. The molecule has 3 rings (SSSR count). The number of benzene rings is 3. The maximum atomic E-state index is 13.0. The number of ether oxygens (including phenoxy) is 2. The van der Waals surface area contributed by atoms with Gasteiger partial charge in [-0.2, -0.15) is 5.10 Å². The van der Waals surface area contributed by atoms with Gasteiger partial charge >= 0.3 is 5.97 Å². The van der Waals surface area contributed by atoms with Crippen molar-refractivity contribution in [3.63, 3.8) is 0 Å². The van der Waals surface area contributed by atoms with Gasteiger partial charge in [-0.15, -0.1) is 0 Å². The van der Waals surface area contributed by atoms with Gasteiger partial charge in [-0.25, -0.2) is 19.0 Å². The van der Waals surface area contributed by atoms with Gasteiger partial charge in [0.15, 0.2) is 11.5 Å². The Morgan fingerprint density at radius 2 is 1.47 bits per heavy atom. The molecule has 0 unspecified atom stereocenters. The Labute approximate surface area is 170 Å². The first-order valence-electron chi connectivity index (χ1n) is 8.71. The Kier molecular flexibility index (Phi) is 6.49. The van der Waals surface area contributed by atoms with Crippen molar-refractivity contribution in [2.24, 2.45) is 5.10 Å². The van der Waals surface area contributed by atoms with Crippen LogP contribution in [0.2, 0.25) is 0 Å². The lowest BCUT2D eigenvalue weighted by molar-refractivity contribution is 0.0729. The first-order chi connectivity index (χ1) is 14.5. The van der Waals surface area contributed by atoms with Gasteiger partial charge in [-0.05, 0) is 72.3 Å². The van der Waals surface area contributed by atoms with Crippen molar-refractivity contribution in [1.82, 2.24) is 5.43 Å². The van der Waals surface area contributed by atoms with Crippen LogP contribution in [0, 0.1) is 11.6 Å².